The Bertz CT molecular complexity index is 1020. The van der Waals surface area contributed by atoms with Crippen LogP contribution in [0.4, 0.5) is 8.78 Å². The van der Waals surface area contributed by atoms with E-state index in [2.05, 4.69) is 4.98 Å². The van der Waals surface area contributed by atoms with E-state index in [-0.39, 0.29) is 28.8 Å². The summed E-state index contributed by atoms with van der Waals surface area (Å²) in [6, 6.07) is 8.31. The van der Waals surface area contributed by atoms with Gasteiger partial charge in [0.2, 0.25) is 5.43 Å². The first-order valence-corrected chi connectivity index (χ1v) is 8.22. The molecular weight excluding hydrogens is 350 g/mol. The highest BCUT2D eigenvalue weighted by molar-refractivity contribution is 7.98. The summed E-state index contributed by atoms with van der Waals surface area (Å²) >= 11 is 1.06. The molecule has 0 saturated heterocycles. The van der Waals surface area contributed by atoms with E-state index in [9.17, 15) is 18.4 Å². The summed E-state index contributed by atoms with van der Waals surface area (Å²) in [5, 5.41) is 9.49. The van der Waals surface area contributed by atoms with Crippen molar-refractivity contribution in [3.8, 4) is 0 Å². The van der Waals surface area contributed by atoms with E-state index in [1.54, 1.807) is 12.1 Å². The number of fused-ring (bicyclic) bond motifs is 1. The van der Waals surface area contributed by atoms with E-state index in [0.29, 0.717) is 10.5 Å². The van der Waals surface area contributed by atoms with Gasteiger partial charge >= 0.3 is 5.97 Å². The lowest BCUT2D eigenvalue weighted by Gasteiger charge is -2.14. The first-order valence-electron chi connectivity index (χ1n) is 7.23. The minimum Gasteiger partial charge on any atom is -0.480 e. The largest absolute Gasteiger partial charge is 0.480 e. The number of hydrogen-bond acceptors (Lipinski definition) is 4. The lowest BCUT2D eigenvalue weighted by atomic mass is 10.2. The standard InChI is InChI=1S/C17H12F2N2O3S/c18-11-4-1-3-10(16(11)19)9-25-14-7-13(22)17-12(5-2-6-20-17)21(14)8-15(23)24/h1-7H,8-9H2,(H,23,24). The second-order valence-corrected chi connectivity index (χ2v) is 6.20. The van der Waals surface area contributed by atoms with Crippen molar-refractivity contribution in [2.75, 3.05) is 0 Å². The summed E-state index contributed by atoms with van der Waals surface area (Å²) < 4.78 is 28.5. The van der Waals surface area contributed by atoms with Crippen LogP contribution in [0.5, 0.6) is 0 Å². The molecule has 0 spiro atoms. The number of rotatable bonds is 5. The number of nitrogens with zero attached hydrogens (tertiary/aromatic N) is 2. The molecule has 0 saturated carbocycles. The molecular formula is C17H12F2N2O3S. The Morgan fingerprint density at radius 1 is 1.24 bits per heavy atom. The van der Waals surface area contributed by atoms with Crippen molar-refractivity contribution in [2.24, 2.45) is 0 Å². The van der Waals surface area contributed by atoms with Gasteiger partial charge in [-0.3, -0.25) is 14.6 Å². The van der Waals surface area contributed by atoms with Crippen LogP contribution in [-0.2, 0) is 17.1 Å². The van der Waals surface area contributed by atoms with Crippen molar-refractivity contribution >= 4 is 28.8 Å². The monoisotopic (exact) mass is 362 g/mol. The zero-order valence-electron chi connectivity index (χ0n) is 12.8. The number of carboxylic acid groups (broad SMARTS) is 1. The fourth-order valence-electron chi connectivity index (χ4n) is 2.41. The van der Waals surface area contributed by atoms with Gasteiger partial charge in [0.25, 0.3) is 0 Å². The molecule has 0 fully saturated rings. The first kappa shape index (κ1) is 17.1. The molecule has 0 aliphatic rings. The Morgan fingerprint density at radius 2 is 2.04 bits per heavy atom. The third-order valence-electron chi connectivity index (χ3n) is 3.53. The molecule has 25 heavy (non-hydrogen) atoms. The number of carbonyl (C=O) groups is 1. The summed E-state index contributed by atoms with van der Waals surface area (Å²) in [5.41, 5.74) is 0.301. The molecule has 3 aromatic rings. The molecule has 0 aliphatic heterocycles. The summed E-state index contributed by atoms with van der Waals surface area (Å²) in [5.74, 6) is -2.95. The molecule has 8 heteroatoms. The van der Waals surface area contributed by atoms with E-state index < -0.39 is 17.6 Å². The van der Waals surface area contributed by atoms with Crippen molar-refractivity contribution in [1.29, 1.82) is 0 Å². The number of halogens is 2. The van der Waals surface area contributed by atoms with Gasteiger partial charge in [0.15, 0.2) is 11.6 Å². The zero-order chi connectivity index (χ0) is 18.0. The van der Waals surface area contributed by atoms with E-state index in [0.717, 1.165) is 17.8 Å². The van der Waals surface area contributed by atoms with Crippen LogP contribution >= 0.6 is 11.8 Å². The number of aromatic nitrogens is 2. The fourth-order valence-corrected chi connectivity index (χ4v) is 3.45. The van der Waals surface area contributed by atoms with E-state index in [4.69, 9.17) is 5.11 Å². The van der Waals surface area contributed by atoms with Crippen LogP contribution in [0.1, 0.15) is 5.56 Å². The number of benzene rings is 1. The first-order chi connectivity index (χ1) is 12.0. The van der Waals surface area contributed by atoms with Crippen LogP contribution in [0, 0.1) is 11.6 Å². The van der Waals surface area contributed by atoms with Crippen molar-refractivity contribution in [3.63, 3.8) is 0 Å². The van der Waals surface area contributed by atoms with Gasteiger partial charge < -0.3 is 9.67 Å². The molecule has 2 aromatic heterocycles. The maximum Gasteiger partial charge on any atom is 0.323 e. The zero-order valence-corrected chi connectivity index (χ0v) is 13.6. The quantitative estimate of drug-likeness (QED) is 0.707. The van der Waals surface area contributed by atoms with Gasteiger partial charge in [-0.2, -0.15) is 0 Å². The van der Waals surface area contributed by atoms with Gasteiger partial charge in [-0.15, -0.1) is 11.8 Å². The normalized spacial score (nSPS) is 11.0. The molecule has 0 unspecified atom stereocenters. The minimum atomic E-state index is -1.09. The van der Waals surface area contributed by atoms with Gasteiger partial charge in [-0.1, -0.05) is 12.1 Å². The Balaban J connectivity index is 2.04. The molecule has 1 aromatic carbocycles. The summed E-state index contributed by atoms with van der Waals surface area (Å²) in [7, 11) is 0. The predicted molar refractivity (Wildman–Crippen MR) is 89.6 cm³/mol. The van der Waals surface area contributed by atoms with Crippen LogP contribution in [0.3, 0.4) is 0 Å². The van der Waals surface area contributed by atoms with E-state index in [1.165, 1.54) is 29.0 Å². The molecule has 0 aliphatic carbocycles. The highest BCUT2D eigenvalue weighted by Crippen LogP contribution is 2.26. The summed E-state index contributed by atoms with van der Waals surface area (Å²) in [4.78, 5) is 27.4. The molecule has 1 N–H and O–H groups in total. The average molecular weight is 362 g/mol. The van der Waals surface area contributed by atoms with Crippen LogP contribution < -0.4 is 5.43 Å². The van der Waals surface area contributed by atoms with Crippen LogP contribution in [0.25, 0.3) is 11.0 Å². The second kappa shape index (κ2) is 7.02. The molecule has 0 amide bonds. The Kier molecular flexibility index (Phi) is 4.80. The number of pyridine rings is 2. The lowest BCUT2D eigenvalue weighted by Crippen LogP contribution is -2.17. The maximum atomic E-state index is 13.8. The van der Waals surface area contributed by atoms with Crippen LogP contribution in [-0.4, -0.2) is 20.6 Å². The van der Waals surface area contributed by atoms with Gasteiger partial charge in [0, 0.05) is 23.6 Å². The van der Waals surface area contributed by atoms with Crippen LogP contribution in [0.2, 0.25) is 0 Å². The van der Waals surface area contributed by atoms with Gasteiger partial charge in [-0.25, -0.2) is 8.78 Å². The van der Waals surface area contributed by atoms with Crippen molar-refractivity contribution in [1.82, 2.24) is 9.55 Å². The third-order valence-corrected chi connectivity index (χ3v) is 4.62. The molecule has 0 atom stereocenters. The van der Waals surface area contributed by atoms with Gasteiger partial charge in [0.05, 0.1) is 10.5 Å². The molecule has 0 bridgehead atoms. The summed E-state index contributed by atoms with van der Waals surface area (Å²) in [6.45, 7) is -0.379. The third kappa shape index (κ3) is 3.53. The Hall–Kier alpha value is -2.74. The average Bonchev–Trinajstić information content (AvgIpc) is 2.59. The van der Waals surface area contributed by atoms with E-state index in [1.807, 2.05) is 0 Å². The molecule has 2 heterocycles. The predicted octanol–water partition coefficient (Wildman–Crippen LogP) is 3.05. The van der Waals surface area contributed by atoms with E-state index >= 15 is 0 Å². The van der Waals surface area contributed by atoms with Gasteiger partial charge in [-0.05, 0) is 18.2 Å². The number of hydrogen-bond donors (Lipinski definition) is 1. The van der Waals surface area contributed by atoms with Crippen molar-refractivity contribution in [2.45, 2.75) is 17.3 Å². The van der Waals surface area contributed by atoms with Gasteiger partial charge in [0.1, 0.15) is 12.1 Å². The number of carboxylic acids is 1. The minimum absolute atomic E-state index is 0.0500. The summed E-state index contributed by atoms with van der Waals surface area (Å²) in [6.07, 6.45) is 1.45. The fraction of sp³-hybridized carbons (Fsp3) is 0.118. The number of thioether (sulfide) groups is 1. The molecule has 0 radical (unpaired) electrons. The van der Waals surface area contributed by atoms with Crippen molar-refractivity contribution < 1.29 is 18.7 Å². The molecule has 128 valence electrons. The highest BCUT2D eigenvalue weighted by atomic mass is 32.2. The highest BCUT2D eigenvalue weighted by Gasteiger charge is 2.14. The molecule has 5 nitrogen and oxygen atoms in total. The Morgan fingerprint density at radius 3 is 2.80 bits per heavy atom. The van der Waals surface area contributed by atoms with Crippen molar-refractivity contribution in [3.05, 3.63) is 70.0 Å². The Labute approximate surface area is 144 Å². The molecule has 3 rings (SSSR count). The van der Waals surface area contributed by atoms with Crippen LogP contribution in [0.15, 0.2) is 52.4 Å². The number of aliphatic carboxylic acids is 1. The maximum absolute atomic E-state index is 13.8. The smallest absolute Gasteiger partial charge is 0.323 e. The SMILES string of the molecule is O=C(O)Cn1c(SCc2cccc(F)c2F)cc(=O)c2ncccc21. The topological polar surface area (TPSA) is 72.2 Å². The second-order valence-electron chi connectivity index (χ2n) is 5.20. The lowest BCUT2D eigenvalue weighted by molar-refractivity contribution is -0.137.